The van der Waals surface area contributed by atoms with Gasteiger partial charge >= 0.3 is 0 Å². The number of hydrogen-bond donors (Lipinski definition) is 2. The molecule has 2 aromatic carbocycles. The van der Waals surface area contributed by atoms with Crippen LogP contribution < -0.4 is 10.5 Å². The molecule has 0 spiro atoms. The van der Waals surface area contributed by atoms with E-state index in [4.69, 9.17) is 5.14 Å². The molecule has 22 heavy (non-hydrogen) atoms. The minimum atomic E-state index is -3.72. The molecule has 0 aliphatic carbocycles. The molecular formula is C16H18N2O3S. The molecule has 3 N–H and O–H groups in total. The van der Waals surface area contributed by atoms with Crippen molar-refractivity contribution in [2.45, 2.75) is 24.2 Å². The minimum absolute atomic E-state index is 0.0168. The molecule has 6 heteroatoms. The Morgan fingerprint density at radius 2 is 1.68 bits per heavy atom. The molecule has 0 saturated heterocycles. The van der Waals surface area contributed by atoms with Crippen molar-refractivity contribution in [1.82, 2.24) is 0 Å². The van der Waals surface area contributed by atoms with E-state index in [9.17, 15) is 13.2 Å². The molecule has 0 radical (unpaired) electrons. The van der Waals surface area contributed by atoms with E-state index in [0.29, 0.717) is 12.1 Å². The predicted molar refractivity (Wildman–Crippen MR) is 85.9 cm³/mol. The molecule has 116 valence electrons. The molecule has 0 saturated carbocycles. The van der Waals surface area contributed by atoms with Gasteiger partial charge in [0.1, 0.15) is 0 Å². The Kier molecular flexibility index (Phi) is 4.95. The smallest absolute Gasteiger partial charge is 0.238 e. The van der Waals surface area contributed by atoms with Gasteiger partial charge in [-0.3, -0.25) is 4.79 Å². The number of sulfonamides is 1. The molecule has 2 rings (SSSR count). The standard InChI is InChI=1S/C16H18N2O3S/c1-12(13-5-3-2-4-6-13)11-16(19)18-14-7-9-15(10-8-14)22(17,20)21/h2-10,12H,11H2,1H3,(H,18,19)(H2,17,20,21)/t12-/m1/s1. The lowest BCUT2D eigenvalue weighted by atomic mass is 9.97. The molecule has 1 atom stereocenters. The van der Waals surface area contributed by atoms with Crippen LogP contribution in [0.3, 0.4) is 0 Å². The summed E-state index contributed by atoms with van der Waals surface area (Å²) in [5.74, 6) is -0.0235. The Labute approximate surface area is 130 Å². The van der Waals surface area contributed by atoms with Crippen molar-refractivity contribution in [2.24, 2.45) is 5.14 Å². The summed E-state index contributed by atoms with van der Waals surface area (Å²) < 4.78 is 22.3. The number of benzene rings is 2. The summed E-state index contributed by atoms with van der Waals surface area (Å²) in [7, 11) is -3.72. The van der Waals surface area contributed by atoms with Crippen molar-refractivity contribution in [3.05, 3.63) is 60.2 Å². The number of carbonyl (C=O) groups is 1. The topological polar surface area (TPSA) is 89.3 Å². The van der Waals surface area contributed by atoms with Crippen LogP contribution in [-0.2, 0) is 14.8 Å². The molecule has 0 aliphatic heterocycles. The first-order valence-corrected chi connectivity index (χ1v) is 8.38. The molecule has 1 amide bonds. The van der Waals surface area contributed by atoms with Crippen LogP contribution in [0.5, 0.6) is 0 Å². The van der Waals surface area contributed by atoms with E-state index in [1.165, 1.54) is 24.3 Å². The largest absolute Gasteiger partial charge is 0.326 e. The SMILES string of the molecule is C[C@H](CC(=O)Nc1ccc(S(N)(=O)=O)cc1)c1ccccc1. The number of amides is 1. The first kappa shape index (κ1) is 16.2. The normalized spacial score (nSPS) is 12.6. The maximum Gasteiger partial charge on any atom is 0.238 e. The fourth-order valence-corrected chi connectivity index (χ4v) is 2.63. The fourth-order valence-electron chi connectivity index (χ4n) is 2.12. The zero-order chi connectivity index (χ0) is 16.2. The van der Waals surface area contributed by atoms with Gasteiger partial charge in [-0.2, -0.15) is 0 Å². The van der Waals surface area contributed by atoms with Crippen molar-refractivity contribution in [3.8, 4) is 0 Å². The number of carbonyl (C=O) groups excluding carboxylic acids is 1. The first-order chi connectivity index (χ1) is 10.4. The Morgan fingerprint density at radius 1 is 1.09 bits per heavy atom. The average Bonchev–Trinajstić information content (AvgIpc) is 2.47. The number of hydrogen-bond acceptors (Lipinski definition) is 3. The Balaban J connectivity index is 1.98. The number of nitrogens with one attached hydrogen (secondary N) is 1. The van der Waals surface area contributed by atoms with Crippen LogP contribution >= 0.6 is 0 Å². The van der Waals surface area contributed by atoms with E-state index in [1.807, 2.05) is 37.3 Å². The van der Waals surface area contributed by atoms with E-state index in [1.54, 1.807) is 0 Å². The highest BCUT2D eigenvalue weighted by molar-refractivity contribution is 7.89. The van der Waals surface area contributed by atoms with Crippen LogP contribution in [0.2, 0.25) is 0 Å². The second-order valence-electron chi connectivity index (χ2n) is 5.13. The predicted octanol–water partition coefficient (Wildman–Crippen LogP) is 2.47. The van der Waals surface area contributed by atoms with Gasteiger partial charge in [-0.1, -0.05) is 37.3 Å². The third kappa shape index (κ3) is 4.41. The van der Waals surface area contributed by atoms with E-state index >= 15 is 0 Å². The van der Waals surface area contributed by atoms with Crippen molar-refractivity contribution in [3.63, 3.8) is 0 Å². The molecule has 0 aliphatic rings. The van der Waals surface area contributed by atoms with Gasteiger partial charge in [0.2, 0.25) is 15.9 Å². The summed E-state index contributed by atoms with van der Waals surface area (Å²) in [6.45, 7) is 1.99. The maximum absolute atomic E-state index is 12.0. The van der Waals surface area contributed by atoms with Gasteiger partial charge in [0.05, 0.1) is 4.90 Å². The molecule has 2 aromatic rings. The molecule has 0 fully saturated rings. The molecule has 0 unspecified atom stereocenters. The zero-order valence-corrected chi connectivity index (χ0v) is 13.0. The van der Waals surface area contributed by atoms with Crippen molar-refractivity contribution < 1.29 is 13.2 Å². The molecule has 5 nitrogen and oxygen atoms in total. The van der Waals surface area contributed by atoms with Crippen LogP contribution in [-0.4, -0.2) is 14.3 Å². The molecule has 0 bridgehead atoms. The second-order valence-corrected chi connectivity index (χ2v) is 6.69. The Bertz CT molecular complexity index is 741. The van der Waals surface area contributed by atoms with Gasteiger partial charge in [-0.15, -0.1) is 0 Å². The zero-order valence-electron chi connectivity index (χ0n) is 12.2. The fraction of sp³-hybridized carbons (Fsp3) is 0.188. The molecule has 0 heterocycles. The first-order valence-electron chi connectivity index (χ1n) is 6.84. The van der Waals surface area contributed by atoms with Crippen LogP contribution in [0, 0.1) is 0 Å². The number of primary sulfonamides is 1. The summed E-state index contributed by atoms with van der Waals surface area (Å²) in [6.07, 6.45) is 0.348. The van der Waals surface area contributed by atoms with Gasteiger partial charge in [-0.25, -0.2) is 13.6 Å². The highest BCUT2D eigenvalue weighted by Crippen LogP contribution is 2.20. The summed E-state index contributed by atoms with van der Waals surface area (Å²) >= 11 is 0. The van der Waals surface area contributed by atoms with E-state index in [-0.39, 0.29) is 16.7 Å². The number of anilines is 1. The maximum atomic E-state index is 12.0. The molecular weight excluding hydrogens is 300 g/mol. The number of nitrogens with two attached hydrogens (primary N) is 1. The summed E-state index contributed by atoms with van der Waals surface area (Å²) in [5.41, 5.74) is 1.64. The number of rotatable bonds is 5. The Morgan fingerprint density at radius 3 is 2.23 bits per heavy atom. The minimum Gasteiger partial charge on any atom is -0.326 e. The van der Waals surface area contributed by atoms with Gasteiger partial charge in [0.15, 0.2) is 0 Å². The summed E-state index contributed by atoms with van der Waals surface area (Å²) in [4.78, 5) is 12.0. The van der Waals surface area contributed by atoms with Crippen LogP contribution in [0.4, 0.5) is 5.69 Å². The highest BCUT2D eigenvalue weighted by Gasteiger charge is 2.12. The lowest BCUT2D eigenvalue weighted by Crippen LogP contribution is -2.15. The van der Waals surface area contributed by atoms with Gasteiger partial charge in [-0.05, 0) is 35.7 Å². The monoisotopic (exact) mass is 318 g/mol. The molecule has 0 aromatic heterocycles. The van der Waals surface area contributed by atoms with Gasteiger partial charge in [0.25, 0.3) is 0 Å². The van der Waals surface area contributed by atoms with E-state index in [0.717, 1.165) is 5.56 Å². The van der Waals surface area contributed by atoms with E-state index in [2.05, 4.69) is 5.32 Å². The summed E-state index contributed by atoms with van der Waals surface area (Å²) in [6, 6.07) is 15.6. The quantitative estimate of drug-likeness (QED) is 0.887. The highest BCUT2D eigenvalue weighted by atomic mass is 32.2. The van der Waals surface area contributed by atoms with Crippen molar-refractivity contribution in [1.29, 1.82) is 0 Å². The van der Waals surface area contributed by atoms with Crippen molar-refractivity contribution in [2.75, 3.05) is 5.32 Å². The lowest BCUT2D eigenvalue weighted by molar-refractivity contribution is -0.116. The Hall–Kier alpha value is -2.18. The third-order valence-electron chi connectivity index (χ3n) is 3.33. The van der Waals surface area contributed by atoms with Crippen LogP contribution in [0.25, 0.3) is 0 Å². The van der Waals surface area contributed by atoms with Crippen LogP contribution in [0.1, 0.15) is 24.8 Å². The van der Waals surface area contributed by atoms with Crippen LogP contribution in [0.15, 0.2) is 59.5 Å². The van der Waals surface area contributed by atoms with Crippen molar-refractivity contribution >= 4 is 21.6 Å². The van der Waals surface area contributed by atoms with Gasteiger partial charge < -0.3 is 5.32 Å². The lowest BCUT2D eigenvalue weighted by Gasteiger charge is -2.12. The second kappa shape index (κ2) is 6.72. The van der Waals surface area contributed by atoms with E-state index < -0.39 is 10.0 Å². The van der Waals surface area contributed by atoms with Gasteiger partial charge in [0, 0.05) is 12.1 Å². The third-order valence-corrected chi connectivity index (χ3v) is 4.26. The summed E-state index contributed by atoms with van der Waals surface area (Å²) in [5, 5.41) is 7.77. The average molecular weight is 318 g/mol.